The van der Waals surface area contributed by atoms with Crippen molar-refractivity contribution >= 4 is 11.8 Å². The Labute approximate surface area is 115 Å². The highest BCUT2D eigenvalue weighted by molar-refractivity contribution is 5.88. The van der Waals surface area contributed by atoms with Crippen LogP contribution in [0, 0.1) is 5.41 Å². The second-order valence-corrected chi connectivity index (χ2v) is 5.89. The summed E-state index contributed by atoms with van der Waals surface area (Å²) < 4.78 is 0. The molecule has 5 heteroatoms. The van der Waals surface area contributed by atoms with E-state index < -0.39 is 0 Å². The molecule has 0 unspecified atom stereocenters. The van der Waals surface area contributed by atoms with Crippen LogP contribution in [0.5, 0.6) is 0 Å². The molecule has 2 fully saturated rings. The van der Waals surface area contributed by atoms with Gasteiger partial charge in [-0.1, -0.05) is 6.92 Å². The molecule has 2 amide bonds. The Morgan fingerprint density at radius 3 is 2.47 bits per heavy atom. The number of carbonyl (C=O) groups excluding carboxylic acids is 2. The number of likely N-dealkylation sites (N-methyl/N-ethyl adjacent to an activating group) is 1. The third-order valence-electron chi connectivity index (χ3n) is 4.36. The van der Waals surface area contributed by atoms with Crippen molar-refractivity contribution in [2.75, 3.05) is 26.7 Å². The molecule has 1 aliphatic heterocycles. The number of nitrogens with one attached hydrogen (secondary N) is 2. The van der Waals surface area contributed by atoms with E-state index in [4.69, 9.17) is 0 Å². The quantitative estimate of drug-likeness (QED) is 0.762. The van der Waals surface area contributed by atoms with Crippen molar-refractivity contribution < 1.29 is 9.59 Å². The molecule has 1 saturated carbocycles. The second-order valence-electron chi connectivity index (χ2n) is 5.89. The minimum Gasteiger partial charge on any atom is -0.352 e. The van der Waals surface area contributed by atoms with Gasteiger partial charge in [-0.2, -0.15) is 0 Å². The molecule has 0 radical (unpaired) electrons. The van der Waals surface area contributed by atoms with Gasteiger partial charge >= 0.3 is 0 Å². The first-order valence-electron chi connectivity index (χ1n) is 7.33. The van der Waals surface area contributed by atoms with Crippen LogP contribution in [0.15, 0.2) is 0 Å². The van der Waals surface area contributed by atoms with E-state index in [0.717, 1.165) is 45.2 Å². The van der Waals surface area contributed by atoms with Crippen LogP contribution in [0.2, 0.25) is 0 Å². The molecule has 0 aromatic carbocycles. The molecule has 2 N–H and O–H groups in total. The van der Waals surface area contributed by atoms with Gasteiger partial charge in [-0.05, 0) is 45.2 Å². The smallest absolute Gasteiger partial charge is 0.239 e. The van der Waals surface area contributed by atoms with Crippen molar-refractivity contribution in [1.29, 1.82) is 0 Å². The number of amides is 2. The fraction of sp³-hybridized carbons (Fsp3) is 0.857. The topological polar surface area (TPSA) is 61.4 Å². The van der Waals surface area contributed by atoms with Gasteiger partial charge in [0.05, 0.1) is 12.0 Å². The molecule has 108 valence electrons. The van der Waals surface area contributed by atoms with Gasteiger partial charge in [0.25, 0.3) is 0 Å². The average molecular weight is 267 g/mol. The minimum atomic E-state index is -0.264. The fourth-order valence-corrected chi connectivity index (χ4v) is 2.82. The summed E-state index contributed by atoms with van der Waals surface area (Å²) in [5.74, 6) is 0.0981. The Hall–Kier alpha value is -1.10. The van der Waals surface area contributed by atoms with E-state index in [1.54, 1.807) is 11.9 Å². The van der Waals surface area contributed by atoms with Gasteiger partial charge in [0.2, 0.25) is 11.8 Å². The van der Waals surface area contributed by atoms with Gasteiger partial charge < -0.3 is 15.5 Å². The zero-order chi connectivity index (χ0) is 13.9. The van der Waals surface area contributed by atoms with E-state index in [1.165, 1.54) is 0 Å². The van der Waals surface area contributed by atoms with Gasteiger partial charge in [-0.15, -0.1) is 0 Å². The summed E-state index contributed by atoms with van der Waals surface area (Å²) in [4.78, 5) is 26.0. The number of hydrogen-bond acceptors (Lipinski definition) is 3. The van der Waals surface area contributed by atoms with Crippen LogP contribution in [0.4, 0.5) is 0 Å². The zero-order valence-corrected chi connectivity index (χ0v) is 12.0. The molecule has 0 aromatic rings. The number of carbonyl (C=O) groups is 2. The highest BCUT2D eigenvalue weighted by Gasteiger charge is 2.40. The average Bonchev–Trinajstić information content (AvgIpc) is 3.22. The molecule has 0 atom stereocenters. The summed E-state index contributed by atoms with van der Waals surface area (Å²) in [5, 5.41) is 6.22. The number of rotatable bonds is 5. The largest absolute Gasteiger partial charge is 0.352 e. The lowest BCUT2D eigenvalue weighted by molar-refractivity contribution is -0.145. The molecule has 1 heterocycles. The molecule has 1 aliphatic carbocycles. The van der Waals surface area contributed by atoms with Gasteiger partial charge in [0.15, 0.2) is 0 Å². The Kier molecular flexibility index (Phi) is 4.45. The lowest BCUT2D eigenvalue weighted by Crippen LogP contribution is -2.50. The summed E-state index contributed by atoms with van der Waals surface area (Å²) in [5.41, 5.74) is -0.264. The highest BCUT2D eigenvalue weighted by atomic mass is 16.2. The third kappa shape index (κ3) is 3.47. The van der Waals surface area contributed by atoms with Gasteiger partial charge in [-0.25, -0.2) is 0 Å². The van der Waals surface area contributed by atoms with Crippen LogP contribution in [-0.4, -0.2) is 49.4 Å². The zero-order valence-electron chi connectivity index (χ0n) is 12.0. The minimum absolute atomic E-state index is 0.0291. The molecule has 0 spiro atoms. The predicted octanol–water partition coefficient (Wildman–Crippen LogP) is 0.503. The SMILES string of the molecule is CCC1(C(=O)N(C)CC(=O)NC2CC2)CCNCC1. The lowest BCUT2D eigenvalue weighted by atomic mass is 9.75. The predicted molar refractivity (Wildman–Crippen MR) is 73.6 cm³/mol. The second kappa shape index (κ2) is 5.90. The van der Waals surface area contributed by atoms with Gasteiger partial charge in [0, 0.05) is 13.1 Å². The van der Waals surface area contributed by atoms with Crippen molar-refractivity contribution in [3.63, 3.8) is 0 Å². The number of hydrogen-bond donors (Lipinski definition) is 2. The standard InChI is InChI=1S/C14H25N3O2/c1-3-14(6-8-15-9-7-14)13(19)17(2)10-12(18)16-11-4-5-11/h11,15H,3-10H2,1-2H3,(H,16,18). The maximum atomic E-state index is 12.6. The first kappa shape index (κ1) is 14.3. The highest BCUT2D eigenvalue weighted by Crippen LogP contribution is 2.34. The third-order valence-corrected chi connectivity index (χ3v) is 4.36. The molecule has 2 rings (SSSR count). The Morgan fingerprint density at radius 2 is 1.95 bits per heavy atom. The van der Waals surface area contributed by atoms with E-state index in [1.807, 2.05) is 0 Å². The van der Waals surface area contributed by atoms with Crippen LogP contribution >= 0.6 is 0 Å². The Balaban J connectivity index is 1.90. The van der Waals surface area contributed by atoms with Crippen LogP contribution in [0.3, 0.4) is 0 Å². The monoisotopic (exact) mass is 267 g/mol. The van der Waals surface area contributed by atoms with Crippen molar-refractivity contribution in [2.45, 2.75) is 45.1 Å². The molecule has 19 heavy (non-hydrogen) atoms. The van der Waals surface area contributed by atoms with Crippen molar-refractivity contribution in [2.24, 2.45) is 5.41 Å². The summed E-state index contributed by atoms with van der Waals surface area (Å²) in [6.07, 6.45) is 4.75. The molecule has 0 aromatic heterocycles. The number of piperidine rings is 1. The van der Waals surface area contributed by atoms with E-state index in [9.17, 15) is 9.59 Å². The molecule has 0 bridgehead atoms. The fourth-order valence-electron chi connectivity index (χ4n) is 2.82. The van der Waals surface area contributed by atoms with Crippen LogP contribution in [-0.2, 0) is 9.59 Å². The molecule has 2 aliphatic rings. The van der Waals surface area contributed by atoms with E-state index in [2.05, 4.69) is 17.6 Å². The van der Waals surface area contributed by atoms with Gasteiger partial charge in [-0.3, -0.25) is 9.59 Å². The molecule has 5 nitrogen and oxygen atoms in total. The summed E-state index contributed by atoms with van der Waals surface area (Å²) in [6, 6.07) is 0.356. The lowest BCUT2D eigenvalue weighted by Gasteiger charge is -2.38. The number of nitrogens with zero attached hydrogens (tertiary/aromatic N) is 1. The van der Waals surface area contributed by atoms with Crippen LogP contribution in [0.25, 0.3) is 0 Å². The first-order valence-corrected chi connectivity index (χ1v) is 7.33. The van der Waals surface area contributed by atoms with Crippen molar-refractivity contribution in [3.05, 3.63) is 0 Å². The summed E-state index contributed by atoms with van der Waals surface area (Å²) >= 11 is 0. The molecular weight excluding hydrogens is 242 g/mol. The van der Waals surface area contributed by atoms with E-state index in [-0.39, 0.29) is 23.8 Å². The first-order chi connectivity index (χ1) is 9.07. The summed E-state index contributed by atoms with van der Waals surface area (Å²) in [6.45, 7) is 4.04. The molecular formula is C14H25N3O2. The Morgan fingerprint density at radius 1 is 1.32 bits per heavy atom. The van der Waals surface area contributed by atoms with Crippen molar-refractivity contribution in [3.8, 4) is 0 Å². The maximum absolute atomic E-state index is 12.6. The van der Waals surface area contributed by atoms with E-state index >= 15 is 0 Å². The van der Waals surface area contributed by atoms with Crippen LogP contribution in [0.1, 0.15) is 39.0 Å². The van der Waals surface area contributed by atoms with Crippen LogP contribution < -0.4 is 10.6 Å². The van der Waals surface area contributed by atoms with E-state index in [0.29, 0.717) is 6.04 Å². The maximum Gasteiger partial charge on any atom is 0.239 e. The molecule has 1 saturated heterocycles. The normalized spacial score (nSPS) is 21.8. The Bertz CT molecular complexity index is 347. The van der Waals surface area contributed by atoms with Gasteiger partial charge in [0.1, 0.15) is 0 Å². The summed E-state index contributed by atoms with van der Waals surface area (Å²) in [7, 11) is 1.74. The van der Waals surface area contributed by atoms with Crippen molar-refractivity contribution in [1.82, 2.24) is 15.5 Å².